The van der Waals surface area contributed by atoms with E-state index < -0.39 is 21.9 Å². The fourth-order valence-electron chi connectivity index (χ4n) is 4.60. The highest BCUT2D eigenvalue weighted by atomic mass is 35.5. The molecule has 0 spiro atoms. The lowest BCUT2D eigenvalue weighted by molar-refractivity contribution is -0.141. The van der Waals surface area contributed by atoms with Gasteiger partial charge in [-0.1, -0.05) is 55.1 Å². The number of nitrogens with zero attached hydrogens (tertiary/aromatic N) is 2. The van der Waals surface area contributed by atoms with E-state index in [1.807, 2.05) is 0 Å². The first-order valence-electron chi connectivity index (χ1n) is 12.6. The van der Waals surface area contributed by atoms with E-state index >= 15 is 0 Å². The number of sulfonamides is 1. The second-order valence-corrected chi connectivity index (χ2v) is 11.9. The van der Waals surface area contributed by atoms with Crippen molar-refractivity contribution >= 4 is 39.1 Å². The zero-order valence-corrected chi connectivity index (χ0v) is 22.9. The summed E-state index contributed by atoms with van der Waals surface area (Å²) in [6, 6.07) is 11.9. The standard InChI is InChI=1S/C27H35ClFN3O4S/c1-20(27(34)30-23-12-4-3-5-13-23)31(19-21-10-6-7-15-25(21)29)26(33)16-9-17-32(37(2,35)36)24-14-8-11-22(28)18-24/h6-8,10-11,14-15,18,20,23H,3-5,9,12-13,16-17,19H2,1-2H3,(H,30,34)/t20-/m1/s1. The predicted octanol–water partition coefficient (Wildman–Crippen LogP) is 4.89. The molecule has 2 aromatic rings. The van der Waals surface area contributed by atoms with Crippen LogP contribution >= 0.6 is 11.6 Å². The van der Waals surface area contributed by atoms with Gasteiger partial charge in [-0.05, 0) is 50.5 Å². The topological polar surface area (TPSA) is 86.8 Å². The predicted molar refractivity (Wildman–Crippen MR) is 144 cm³/mol. The van der Waals surface area contributed by atoms with E-state index in [4.69, 9.17) is 11.6 Å². The lowest BCUT2D eigenvalue weighted by atomic mass is 9.95. The molecule has 0 heterocycles. The fourth-order valence-corrected chi connectivity index (χ4v) is 5.74. The van der Waals surface area contributed by atoms with Gasteiger partial charge in [-0.3, -0.25) is 13.9 Å². The number of hydrogen-bond donors (Lipinski definition) is 1. The molecule has 2 amide bonds. The van der Waals surface area contributed by atoms with Gasteiger partial charge in [0, 0.05) is 36.1 Å². The number of rotatable bonds is 11. The Morgan fingerprint density at radius 1 is 1.11 bits per heavy atom. The lowest BCUT2D eigenvalue weighted by Gasteiger charge is -2.31. The van der Waals surface area contributed by atoms with Gasteiger partial charge in [0.05, 0.1) is 11.9 Å². The third-order valence-electron chi connectivity index (χ3n) is 6.67. The van der Waals surface area contributed by atoms with Crippen molar-refractivity contribution in [3.05, 3.63) is 64.9 Å². The zero-order valence-electron chi connectivity index (χ0n) is 21.3. The molecule has 0 unspecified atom stereocenters. The van der Waals surface area contributed by atoms with E-state index in [9.17, 15) is 22.4 Å². The Morgan fingerprint density at radius 3 is 2.46 bits per heavy atom. The maximum absolute atomic E-state index is 14.4. The summed E-state index contributed by atoms with van der Waals surface area (Å²) in [5.41, 5.74) is 0.718. The number of carbonyl (C=O) groups excluding carboxylic acids is 2. The van der Waals surface area contributed by atoms with Crippen LogP contribution in [0.1, 0.15) is 57.4 Å². The van der Waals surface area contributed by atoms with Gasteiger partial charge in [-0.15, -0.1) is 0 Å². The molecule has 1 atom stereocenters. The Kier molecular flexibility index (Phi) is 10.3. The summed E-state index contributed by atoms with van der Waals surface area (Å²) in [6.07, 6.45) is 6.37. The number of hydrogen-bond acceptors (Lipinski definition) is 4. The first kappa shape index (κ1) is 28.9. The first-order chi connectivity index (χ1) is 17.6. The van der Waals surface area contributed by atoms with Crippen LogP contribution < -0.4 is 9.62 Å². The average Bonchev–Trinajstić information content (AvgIpc) is 2.85. The summed E-state index contributed by atoms with van der Waals surface area (Å²) in [7, 11) is -3.62. The molecule has 10 heteroatoms. The van der Waals surface area contributed by atoms with Gasteiger partial charge in [-0.2, -0.15) is 0 Å². The number of carbonyl (C=O) groups is 2. The Labute approximate surface area is 224 Å². The zero-order chi connectivity index (χ0) is 27.0. The highest BCUT2D eigenvalue weighted by Crippen LogP contribution is 2.23. The van der Waals surface area contributed by atoms with Gasteiger partial charge in [0.25, 0.3) is 0 Å². The minimum atomic E-state index is -3.62. The smallest absolute Gasteiger partial charge is 0.242 e. The quantitative estimate of drug-likeness (QED) is 0.431. The van der Waals surface area contributed by atoms with Crippen molar-refractivity contribution in [2.45, 2.75) is 70.5 Å². The van der Waals surface area contributed by atoms with E-state index in [0.717, 1.165) is 38.4 Å². The van der Waals surface area contributed by atoms with Crippen LogP contribution in [0.2, 0.25) is 5.02 Å². The van der Waals surface area contributed by atoms with Crippen molar-refractivity contribution in [3.63, 3.8) is 0 Å². The van der Waals surface area contributed by atoms with Gasteiger partial charge in [0.15, 0.2) is 0 Å². The summed E-state index contributed by atoms with van der Waals surface area (Å²) in [5, 5.41) is 3.45. The molecule has 202 valence electrons. The SMILES string of the molecule is C[C@H](C(=O)NC1CCCCC1)N(Cc1ccccc1F)C(=O)CCCN(c1cccc(Cl)c1)S(C)(=O)=O. The Bertz CT molecular complexity index is 1190. The summed E-state index contributed by atoms with van der Waals surface area (Å²) in [6.45, 7) is 1.64. The van der Waals surface area contributed by atoms with Crippen LogP contribution in [0.15, 0.2) is 48.5 Å². The fraction of sp³-hybridized carbons (Fsp3) is 0.481. The minimum absolute atomic E-state index is 0.0118. The van der Waals surface area contributed by atoms with Gasteiger partial charge < -0.3 is 10.2 Å². The molecule has 1 saturated carbocycles. The number of anilines is 1. The largest absolute Gasteiger partial charge is 0.352 e. The molecule has 0 aromatic heterocycles. The Balaban J connectivity index is 1.72. The van der Waals surface area contributed by atoms with E-state index in [-0.39, 0.29) is 43.8 Å². The number of amides is 2. The molecule has 0 radical (unpaired) electrons. The molecule has 1 aliphatic carbocycles. The molecule has 7 nitrogen and oxygen atoms in total. The van der Waals surface area contributed by atoms with Crippen LogP contribution in [0.4, 0.5) is 10.1 Å². The number of nitrogens with one attached hydrogen (secondary N) is 1. The first-order valence-corrected chi connectivity index (χ1v) is 14.9. The Morgan fingerprint density at radius 2 is 1.81 bits per heavy atom. The normalized spacial score (nSPS) is 15.1. The van der Waals surface area contributed by atoms with E-state index in [1.54, 1.807) is 49.4 Å². The van der Waals surface area contributed by atoms with Crippen LogP contribution in [0.5, 0.6) is 0 Å². The molecule has 0 aliphatic heterocycles. The van der Waals surface area contributed by atoms with Crippen LogP contribution in [-0.2, 0) is 26.2 Å². The number of benzene rings is 2. The number of halogens is 2. The van der Waals surface area contributed by atoms with E-state index in [1.165, 1.54) is 15.3 Å². The highest BCUT2D eigenvalue weighted by Gasteiger charge is 2.29. The maximum Gasteiger partial charge on any atom is 0.242 e. The molecule has 1 N–H and O–H groups in total. The van der Waals surface area contributed by atoms with Crippen LogP contribution in [0.25, 0.3) is 0 Å². The van der Waals surface area contributed by atoms with Gasteiger partial charge in [0.2, 0.25) is 21.8 Å². The molecular weight excluding hydrogens is 517 g/mol. The van der Waals surface area contributed by atoms with E-state index in [0.29, 0.717) is 16.3 Å². The van der Waals surface area contributed by atoms with Crippen molar-refractivity contribution in [2.24, 2.45) is 0 Å². The van der Waals surface area contributed by atoms with Crippen molar-refractivity contribution < 1.29 is 22.4 Å². The highest BCUT2D eigenvalue weighted by molar-refractivity contribution is 7.92. The molecule has 1 fully saturated rings. The summed E-state index contributed by atoms with van der Waals surface area (Å²) in [4.78, 5) is 27.8. The third-order valence-corrected chi connectivity index (χ3v) is 8.09. The lowest BCUT2D eigenvalue weighted by Crippen LogP contribution is -2.50. The minimum Gasteiger partial charge on any atom is -0.352 e. The molecule has 0 saturated heterocycles. The third kappa shape index (κ3) is 8.43. The van der Waals surface area contributed by atoms with Crippen molar-refractivity contribution in [1.29, 1.82) is 0 Å². The van der Waals surface area contributed by atoms with E-state index in [2.05, 4.69) is 5.32 Å². The second-order valence-electron chi connectivity index (χ2n) is 9.55. The maximum atomic E-state index is 14.4. The van der Waals surface area contributed by atoms with Gasteiger partial charge in [0.1, 0.15) is 11.9 Å². The van der Waals surface area contributed by atoms with Crippen molar-refractivity contribution in [3.8, 4) is 0 Å². The van der Waals surface area contributed by atoms with Crippen LogP contribution in [0, 0.1) is 5.82 Å². The van der Waals surface area contributed by atoms with Crippen LogP contribution in [-0.4, -0.2) is 50.0 Å². The molecule has 1 aliphatic rings. The van der Waals surface area contributed by atoms with Crippen molar-refractivity contribution in [1.82, 2.24) is 10.2 Å². The summed E-state index contributed by atoms with van der Waals surface area (Å²) < 4.78 is 40.5. The van der Waals surface area contributed by atoms with Crippen LogP contribution in [0.3, 0.4) is 0 Å². The second kappa shape index (κ2) is 13.2. The molecule has 2 aromatic carbocycles. The molecule has 37 heavy (non-hydrogen) atoms. The molecular formula is C27H35ClFN3O4S. The van der Waals surface area contributed by atoms with Gasteiger partial charge >= 0.3 is 0 Å². The van der Waals surface area contributed by atoms with Gasteiger partial charge in [-0.25, -0.2) is 12.8 Å². The molecule has 0 bridgehead atoms. The van der Waals surface area contributed by atoms with Crippen molar-refractivity contribution in [2.75, 3.05) is 17.1 Å². The monoisotopic (exact) mass is 551 g/mol. The Hall–Kier alpha value is -2.65. The molecule has 3 rings (SSSR count). The summed E-state index contributed by atoms with van der Waals surface area (Å²) >= 11 is 6.04. The average molecular weight is 552 g/mol. The summed E-state index contributed by atoms with van der Waals surface area (Å²) in [5.74, 6) is -1.08.